The molecule has 0 spiro atoms. The van der Waals surface area contributed by atoms with E-state index in [4.69, 9.17) is 11.2 Å². The van der Waals surface area contributed by atoms with Crippen LogP contribution in [0.15, 0.2) is 54.6 Å². The predicted octanol–water partition coefficient (Wildman–Crippen LogP) is 3.09. The van der Waals surface area contributed by atoms with E-state index in [1.54, 1.807) is 11.3 Å². The third-order valence-electron chi connectivity index (χ3n) is 4.43. The SMILES string of the molecule is C#CCNC(=O)COC(=O)[C@](C)(Cc1nc2ccccc2s1)c1ccccc1. The highest BCUT2D eigenvalue weighted by atomic mass is 32.1. The summed E-state index contributed by atoms with van der Waals surface area (Å²) in [5.41, 5.74) is 0.741. The molecule has 5 nitrogen and oxygen atoms in total. The number of nitrogens with zero attached hydrogens (tertiary/aromatic N) is 1. The Morgan fingerprint density at radius 3 is 2.61 bits per heavy atom. The first-order valence-electron chi connectivity index (χ1n) is 8.80. The first-order chi connectivity index (χ1) is 13.5. The second-order valence-electron chi connectivity index (χ2n) is 6.51. The number of ether oxygens (including phenoxy) is 1. The van der Waals surface area contributed by atoms with Crippen LogP contribution in [0, 0.1) is 12.3 Å². The highest BCUT2D eigenvalue weighted by molar-refractivity contribution is 7.18. The van der Waals surface area contributed by atoms with Crippen LogP contribution in [0.5, 0.6) is 0 Å². The van der Waals surface area contributed by atoms with Crippen molar-refractivity contribution in [2.75, 3.05) is 13.2 Å². The van der Waals surface area contributed by atoms with Gasteiger partial charge in [0.2, 0.25) is 0 Å². The molecule has 2 aromatic carbocycles. The molecule has 1 N–H and O–H groups in total. The smallest absolute Gasteiger partial charge is 0.317 e. The van der Waals surface area contributed by atoms with Gasteiger partial charge in [-0.15, -0.1) is 17.8 Å². The van der Waals surface area contributed by atoms with E-state index < -0.39 is 17.3 Å². The Hall–Kier alpha value is -3.17. The van der Waals surface area contributed by atoms with Gasteiger partial charge in [0, 0.05) is 6.42 Å². The molecule has 0 radical (unpaired) electrons. The summed E-state index contributed by atoms with van der Waals surface area (Å²) in [5, 5.41) is 3.32. The molecule has 1 heterocycles. The van der Waals surface area contributed by atoms with Crippen molar-refractivity contribution in [3.63, 3.8) is 0 Å². The van der Waals surface area contributed by atoms with Gasteiger partial charge in [-0.2, -0.15) is 0 Å². The summed E-state index contributed by atoms with van der Waals surface area (Å²) >= 11 is 1.55. The van der Waals surface area contributed by atoms with E-state index in [2.05, 4.69) is 16.2 Å². The van der Waals surface area contributed by atoms with Gasteiger partial charge in [-0.1, -0.05) is 48.4 Å². The van der Waals surface area contributed by atoms with E-state index in [9.17, 15) is 9.59 Å². The van der Waals surface area contributed by atoms with Gasteiger partial charge in [0.05, 0.1) is 27.2 Å². The Morgan fingerprint density at radius 2 is 1.89 bits per heavy atom. The van der Waals surface area contributed by atoms with Crippen LogP contribution in [0.25, 0.3) is 10.2 Å². The van der Waals surface area contributed by atoms with Crippen LogP contribution in [0.4, 0.5) is 0 Å². The summed E-state index contributed by atoms with van der Waals surface area (Å²) < 4.78 is 6.39. The van der Waals surface area contributed by atoms with Crippen molar-refractivity contribution in [1.82, 2.24) is 10.3 Å². The number of rotatable bonds is 7. The van der Waals surface area contributed by atoms with Crippen LogP contribution < -0.4 is 5.32 Å². The zero-order valence-electron chi connectivity index (χ0n) is 15.5. The lowest BCUT2D eigenvalue weighted by molar-refractivity contribution is -0.153. The van der Waals surface area contributed by atoms with E-state index in [0.29, 0.717) is 6.42 Å². The molecule has 3 rings (SSSR count). The molecule has 0 bridgehead atoms. The van der Waals surface area contributed by atoms with Crippen molar-refractivity contribution in [1.29, 1.82) is 0 Å². The minimum Gasteiger partial charge on any atom is -0.455 e. The van der Waals surface area contributed by atoms with Gasteiger partial charge < -0.3 is 10.1 Å². The lowest BCUT2D eigenvalue weighted by Crippen LogP contribution is -2.39. The third-order valence-corrected chi connectivity index (χ3v) is 5.46. The summed E-state index contributed by atoms with van der Waals surface area (Å²) in [6.45, 7) is 1.54. The summed E-state index contributed by atoms with van der Waals surface area (Å²) in [7, 11) is 0. The number of thiazole rings is 1. The number of benzene rings is 2. The van der Waals surface area contributed by atoms with Crippen LogP contribution in [-0.2, 0) is 26.2 Å². The molecule has 0 saturated carbocycles. The van der Waals surface area contributed by atoms with Gasteiger partial charge in [0.25, 0.3) is 5.91 Å². The molecule has 1 aromatic heterocycles. The molecule has 1 amide bonds. The van der Waals surface area contributed by atoms with Crippen molar-refractivity contribution < 1.29 is 14.3 Å². The van der Waals surface area contributed by atoms with Gasteiger partial charge >= 0.3 is 5.97 Å². The molecule has 1 atom stereocenters. The van der Waals surface area contributed by atoms with Crippen LogP contribution in [0.2, 0.25) is 0 Å². The first-order valence-corrected chi connectivity index (χ1v) is 9.62. The lowest BCUT2D eigenvalue weighted by Gasteiger charge is -2.27. The maximum Gasteiger partial charge on any atom is 0.317 e. The monoisotopic (exact) mass is 392 g/mol. The highest BCUT2D eigenvalue weighted by Crippen LogP contribution is 2.33. The van der Waals surface area contributed by atoms with E-state index >= 15 is 0 Å². The Kier molecular flexibility index (Phi) is 6.07. The molecule has 142 valence electrons. The summed E-state index contributed by atoms with van der Waals surface area (Å²) in [6.07, 6.45) is 5.49. The summed E-state index contributed by atoms with van der Waals surface area (Å²) in [5.74, 6) is 1.40. The number of amides is 1. The van der Waals surface area contributed by atoms with Crippen LogP contribution in [-0.4, -0.2) is 30.0 Å². The predicted molar refractivity (Wildman–Crippen MR) is 110 cm³/mol. The largest absolute Gasteiger partial charge is 0.455 e. The van der Waals surface area contributed by atoms with E-state index in [1.807, 2.05) is 61.5 Å². The maximum atomic E-state index is 13.0. The molecule has 6 heteroatoms. The average Bonchev–Trinajstić information content (AvgIpc) is 3.13. The van der Waals surface area contributed by atoms with Gasteiger partial charge in [0.15, 0.2) is 6.61 Å². The average molecular weight is 392 g/mol. The second-order valence-corrected chi connectivity index (χ2v) is 7.62. The quantitative estimate of drug-likeness (QED) is 0.496. The molecule has 0 unspecified atom stereocenters. The van der Waals surface area contributed by atoms with E-state index in [1.165, 1.54) is 0 Å². The Morgan fingerprint density at radius 1 is 1.18 bits per heavy atom. The minimum atomic E-state index is -0.971. The molecule has 0 aliphatic rings. The second kappa shape index (κ2) is 8.68. The topological polar surface area (TPSA) is 68.3 Å². The van der Waals surface area contributed by atoms with Crippen LogP contribution in [0.3, 0.4) is 0 Å². The Labute approximate surface area is 167 Å². The van der Waals surface area contributed by atoms with Crippen molar-refractivity contribution in [2.24, 2.45) is 0 Å². The first kappa shape index (κ1) is 19.6. The number of hydrogen-bond acceptors (Lipinski definition) is 5. The fraction of sp³-hybridized carbons (Fsp3) is 0.227. The lowest BCUT2D eigenvalue weighted by atomic mass is 9.79. The Bertz CT molecular complexity index is 990. The van der Waals surface area contributed by atoms with Gasteiger partial charge in [-0.3, -0.25) is 9.59 Å². The van der Waals surface area contributed by atoms with E-state index in [-0.39, 0.29) is 13.2 Å². The number of carbonyl (C=O) groups excluding carboxylic acids is 2. The van der Waals surface area contributed by atoms with Gasteiger partial charge in [0.1, 0.15) is 0 Å². The van der Waals surface area contributed by atoms with Gasteiger partial charge in [-0.25, -0.2) is 4.98 Å². The highest BCUT2D eigenvalue weighted by Gasteiger charge is 2.38. The van der Waals surface area contributed by atoms with Crippen molar-refractivity contribution in [3.05, 3.63) is 65.2 Å². The van der Waals surface area contributed by atoms with Crippen LogP contribution >= 0.6 is 11.3 Å². The molecule has 0 fully saturated rings. The normalized spacial score (nSPS) is 12.7. The number of para-hydroxylation sites is 1. The molecular formula is C22H20N2O3S. The zero-order valence-corrected chi connectivity index (χ0v) is 16.3. The summed E-state index contributed by atoms with van der Waals surface area (Å²) in [6, 6.07) is 17.3. The number of terminal acetylenes is 1. The fourth-order valence-corrected chi connectivity index (χ4v) is 4.01. The van der Waals surface area contributed by atoms with E-state index in [0.717, 1.165) is 20.8 Å². The number of aromatic nitrogens is 1. The van der Waals surface area contributed by atoms with Crippen LogP contribution in [0.1, 0.15) is 17.5 Å². The maximum absolute atomic E-state index is 13.0. The molecule has 0 aliphatic carbocycles. The molecule has 0 saturated heterocycles. The molecule has 0 aliphatic heterocycles. The standard InChI is InChI=1S/C22H20N2O3S/c1-3-13-23-19(25)15-27-21(26)22(2,16-9-5-4-6-10-16)14-20-24-17-11-7-8-12-18(17)28-20/h1,4-12H,13-15H2,2H3,(H,23,25)/t22-/m1/s1. The van der Waals surface area contributed by atoms with Crippen molar-refractivity contribution >= 4 is 33.4 Å². The molecule has 28 heavy (non-hydrogen) atoms. The third kappa shape index (κ3) is 4.38. The molecule has 3 aromatic rings. The number of hydrogen-bond donors (Lipinski definition) is 1. The zero-order chi connectivity index (χ0) is 20.0. The Balaban J connectivity index is 1.84. The van der Waals surface area contributed by atoms with Gasteiger partial charge in [-0.05, 0) is 24.6 Å². The fourth-order valence-electron chi connectivity index (χ4n) is 2.89. The number of fused-ring (bicyclic) bond motifs is 1. The van der Waals surface area contributed by atoms with Crippen molar-refractivity contribution in [2.45, 2.75) is 18.8 Å². The summed E-state index contributed by atoms with van der Waals surface area (Å²) in [4.78, 5) is 29.4. The number of esters is 1. The molecular weight excluding hydrogens is 372 g/mol. The minimum absolute atomic E-state index is 0.0953. The number of carbonyl (C=O) groups is 2. The number of nitrogens with one attached hydrogen (secondary N) is 1. The van der Waals surface area contributed by atoms with Crippen molar-refractivity contribution in [3.8, 4) is 12.3 Å².